The van der Waals surface area contributed by atoms with Gasteiger partial charge in [0.25, 0.3) is 0 Å². The molecule has 2 aliphatic heterocycles. The highest BCUT2D eigenvalue weighted by Gasteiger charge is 2.23. The number of nitrogens with one attached hydrogen (secondary N) is 1. The topological polar surface area (TPSA) is 98.4 Å². The van der Waals surface area contributed by atoms with Gasteiger partial charge >= 0.3 is 6.09 Å². The number of ether oxygens (including phenoxy) is 3. The maximum atomic E-state index is 11.8. The maximum Gasteiger partial charge on any atom is 0.409 e. The summed E-state index contributed by atoms with van der Waals surface area (Å²) < 4.78 is 16.4. The van der Waals surface area contributed by atoms with Crippen LogP contribution in [-0.4, -0.2) is 62.0 Å². The fourth-order valence-corrected chi connectivity index (χ4v) is 3.73. The van der Waals surface area contributed by atoms with Crippen molar-refractivity contribution >= 4 is 12.1 Å². The number of amides is 1. The number of piperidine rings is 1. The van der Waals surface area contributed by atoms with Crippen LogP contribution in [0.4, 0.5) is 4.79 Å². The van der Waals surface area contributed by atoms with Crippen LogP contribution in [0.15, 0.2) is 29.3 Å². The number of nitrogens with two attached hydrogens (primary N) is 1. The van der Waals surface area contributed by atoms with Crippen molar-refractivity contribution in [3.05, 3.63) is 35.4 Å². The third-order valence-electron chi connectivity index (χ3n) is 5.45. The predicted octanol–water partition coefficient (Wildman–Crippen LogP) is 2.41. The van der Waals surface area contributed by atoms with Gasteiger partial charge in [0.15, 0.2) is 5.96 Å². The van der Waals surface area contributed by atoms with E-state index in [1.807, 2.05) is 19.1 Å². The predicted molar refractivity (Wildman–Crippen MR) is 115 cm³/mol. The lowest BCUT2D eigenvalue weighted by atomic mass is 10.1. The van der Waals surface area contributed by atoms with E-state index in [9.17, 15) is 4.79 Å². The SMILES string of the molecule is CCOC(=O)N1CCC(NC(N)=NCc2cccc(COC3CCOCC3)c2)CC1. The Kier molecular flexibility index (Phi) is 8.77. The average Bonchev–Trinajstić information content (AvgIpc) is 2.78. The molecule has 0 radical (unpaired) electrons. The van der Waals surface area contributed by atoms with Crippen LogP contribution in [0, 0.1) is 0 Å². The van der Waals surface area contributed by atoms with Crippen molar-refractivity contribution in [2.75, 3.05) is 32.9 Å². The van der Waals surface area contributed by atoms with Crippen LogP contribution in [0.5, 0.6) is 0 Å². The van der Waals surface area contributed by atoms with Gasteiger partial charge < -0.3 is 30.2 Å². The second-order valence-corrected chi connectivity index (χ2v) is 7.75. The van der Waals surface area contributed by atoms with E-state index < -0.39 is 0 Å². The van der Waals surface area contributed by atoms with Gasteiger partial charge in [-0.05, 0) is 43.7 Å². The maximum absolute atomic E-state index is 11.8. The normalized spacial score (nSPS) is 19.0. The summed E-state index contributed by atoms with van der Waals surface area (Å²) in [6, 6.07) is 8.49. The molecule has 0 atom stereocenters. The number of benzene rings is 1. The van der Waals surface area contributed by atoms with Gasteiger partial charge in [0.05, 0.1) is 25.9 Å². The van der Waals surface area contributed by atoms with Crippen LogP contribution in [0.25, 0.3) is 0 Å². The summed E-state index contributed by atoms with van der Waals surface area (Å²) in [7, 11) is 0. The lowest BCUT2D eigenvalue weighted by Crippen LogP contribution is -2.48. The van der Waals surface area contributed by atoms with Gasteiger partial charge in [-0.3, -0.25) is 0 Å². The van der Waals surface area contributed by atoms with Crippen molar-refractivity contribution in [1.82, 2.24) is 10.2 Å². The van der Waals surface area contributed by atoms with E-state index in [4.69, 9.17) is 19.9 Å². The number of aliphatic imine (C=N–C) groups is 1. The van der Waals surface area contributed by atoms with Gasteiger partial charge in [0.1, 0.15) is 0 Å². The summed E-state index contributed by atoms with van der Waals surface area (Å²) in [5, 5.41) is 3.28. The fourth-order valence-electron chi connectivity index (χ4n) is 3.73. The molecule has 2 saturated heterocycles. The first-order valence-electron chi connectivity index (χ1n) is 10.9. The summed E-state index contributed by atoms with van der Waals surface area (Å²) in [4.78, 5) is 18.0. The number of guanidine groups is 1. The van der Waals surface area contributed by atoms with Gasteiger partial charge in [-0.15, -0.1) is 0 Å². The number of nitrogens with zero attached hydrogens (tertiary/aromatic N) is 2. The van der Waals surface area contributed by atoms with Gasteiger partial charge in [-0.25, -0.2) is 9.79 Å². The van der Waals surface area contributed by atoms with Crippen LogP contribution < -0.4 is 11.1 Å². The fraction of sp³-hybridized carbons (Fsp3) is 0.636. The number of likely N-dealkylation sites (tertiary alicyclic amines) is 1. The van der Waals surface area contributed by atoms with Crippen molar-refractivity contribution < 1.29 is 19.0 Å². The molecule has 0 aromatic heterocycles. The van der Waals surface area contributed by atoms with Crippen LogP contribution in [0.2, 0.25) is 0 Å². The van der Waals surface area contributed by atoms with E-state index in [-0.39, 0.29) is 18.2 Å². The standard InChI is InChI=1S/C22H34N4O4/c1-2-29-22(27)26-10-6-19(7-11-26)25-21(23)24-15-17-4-3-5-18(14-17)16-30-20-8-12-28-13-9-20/h3-5,14,19-20H,2,6-13,15-16H2,1H3,(H3,23,24,25). The monoisotopic (exact) mass is 418 g/mol. The minimum atomic E-state index is -0.238. The molecule has 0 spiro atoms. The van der Waals surface area contributed by atoms with Crippen LogP contribution >= 0.6 is 0 Å². The zero-order valence-electron chi connectivity index (χ0n) is 17.8. The Balaban J connectivity index is 1.41. The first-order valence-corrected chi connectivity index (χ1v) is 10.9. The second kappa shape index (κ2) is 11.8. The Morgan fingerprint density at radius 3 is 2.70 bits per heavy atom. The molecule has 30 heavy (non-hydrogen) atoms. The summed E-state index contributed by atoms with van der Waals surface area (Å²) in [6.45, 7) is 6.25. The highest BCUT2D eigenvalue weighted by molar-refractivity contribution is 5.78. The van der Waals surface area contributed by atoms with Gasteiger partial charge in [-0.2, -0.15) is 0 Å². The summed E-state index contributed by atoms with van der Waals surface area (Å²) in [6.07, 6.45) is 3.63. The number of carbonyl (C=O) groups excluding carboxylic acids is 1. The molecule has 2 fully saturated rings. The number of hydrogen-bond donors (Lipinski definition) is 2. The molecule has 8 nitrogen and oxygen atoms in total. The molecule has 3 N–H and O–H groups in total. The lowest BCUT2D eigenvalue weighted by Gasteiger charge is -2.31. The number of carbonyl (C=O) groups is 1. The quantitative estimate of drug-likeness (QED) is 0.521. The first-order chi connectivity index (χ1) is 14.6. The molecule has 0 unspecified atom stereocenters. The molecular weight excluding hydrogens is 384 g/mol. The Hall–Kier alpha value is -2.32. The van der Waals surface area contributed by atoms with Crippen molar-refractivity contribution in [2.24, 2.45) is 10.7 Å². The van der Waals surface area contributed by atoms with E-state index >= 15 is 0 Å². The highest BCUT2D eigenvalue weighted by atomic mass is 16.6. The minimum Gasteiger partial charge on any atom is -0.450 e. The van der Waals surface area contributed by atoms with Crippen molar-refractivity contribution in [3.63, 3.8) is 0 Å². The van der Waals surface area contributed by atoms with Crippen LogP contribution in [0.1, 0.15) is 43.7 Å². The van der Waals surface area contributed by atoms with Crippen molar-refractivity contribution in [2.45, 2.75) is 57.9 Å². The Morgan fingerprint density at radius 1 is 1.23 bits per heavy atom. The Labute approximate surface area is 178 Å². The van der Waals surface area contributed by atoms with E-state index in [2.05, 4.69) is 22.4 Å². The molecule has 2 heterocycles. The lowest BCUT2D eigenvalue weighted by molar-refractivity contribution is -0.0390. The Morgan fingerprint density at radius 2 is 1.97 bits per heavy atom. The molecule has 1 aromatic rings. The minimum absolute atomic E-state index is 0.221. The summed E-state index contributed by atoms with van der Waals surface area (Å²) >= 11 is 0. The van der Waals surface area contributed by atoms with Crippen LogP contribution in [-0.2, 0) is 27.4 Å². The van der Waals surface area contributed by atoms with Crippen LogP contribution in [0.3, 0.4) is 0 Å². The van der Waals surface area contributed by atoms with Gasteiger partial charge in [-0.1, -0.05) is 24.3 Å². The van der Waals surface area contributed by atoms with E-state index in [0.29, 0.717) is 38.8 Å². The van der Waals surface area contributed by atoms with Gasteiger partial charge in [0.2, 0.25) is 0 Å². The largest absolute Gasteiger partial charge is 0.450 e. The molecular formula is C22H34N4O4. The molecule has 166 valence electrons. The molecule has 1 amide bonds. The van der Waals surface area contributed by atoms with E-state index in [1.54, 1.807) is 4.90 Å². The molecule has 0 bridgehead atoms. The Bertz CT molecular complexity index is 698. The number of rotatable bonds is 7. The van der Waals surface area contributed by atoms with Crippen molar-refractivity contribution in [1.29, 1.82) is 0 Å². The average molecular weight is 419 g/mol. The third-order valence-corrected chi connectivity index (χ3v) is 5.45. The van der Waals surface area contributed by atoms with Gasteiger partial charge in [0, 0.05) is 32.3 Å². The van der Waals surface area contributed by atoms with E-state index in [0.717, 1.165) is 50.0 Å². The smallest absolute Gasteiger partial charge is 0.409 e. The first kappa shape index (κ1) is 22.4. The molecule has 0 aliphatic carbocycles. The number of hydrogen-bond acceptors (Lipinski definition) is 5. The van der Waals surface area contributed by atoms with E-state index in [1.165, 1.54) is 0 Å². The van der Waals surface area contributed by atoms with Crippen molar-refractivity contribution in [3.8, 4) is 0 Å². The highest BCUT2D eigenvalue weighted by Crippen LogP contribution is 2.15. The molecule has 0 saturated carbocycles. The summed E-state index contributed by atoms with van der Waals surface area (Å²) in [5.41, 5.74) is 8.33. The third kappa shape index (κ3) is 7.18. The summed E-state index contributed by atoms with van der Waals surface area (Å²) in [5.74, 6) is 0.438. The molecule has 1 aromatic carbocycles. The second-order valence-electron chi connectivity index (χ2n) is 7.75. The zero-order chi connectivity index (χ0) is 21.2. The zero-order valence-corrected chi connectivity index (χ0v) is 17.8. The molecule has 8 heteroatoms. The molecule has 3 rings (SSSR count). The molecule has 2 aliphatic rings.